The maximum atomic E-state index is 12.7. The van der Waals surface area contributed by atoms with Crippen LogP contribution < -0.4 is 5.32 Å². The van der Waals surface area contributed by atoms with Gasteiger partial charge in [-0.15, -0.1) is 0 Å². The SMILES string of the molecule is CC1(C)CC(N2C(=O)OC3(CCCCC3)C2(C)O)CC(C)(C)N1. The van der Waals surface area contributed by atoms with Crippen molar-refractivity contribution in [1.82, 2.24) is 10.2 Å². The molecule has 1 saturated carbocycles. The fraction of sp³-hybridized carbons (Fsp3) is 0.944. The molecule has 1 unspecified atom stereocenters. The van der Waals surface area contributed by atoms with Gasteiger partial charge < -0.3 is 15.2 Å². The van der Waals surface area contributed by atoms with Crippen molar-refractivity contribution in [3.63, 3.8) is 0 Å². The highest BCUT2D eigenvalue weighted by atomic mass is 16.6. The summed E-state index contributed by atoms with van der Waals surface area (Å²) in [6, 6.07) is -0.00921. The number of aliphatic hydroxyl groups is 1. The zero-order chi connectivity index (χ0) is 17.1. The van der Waals surface area contributed by atoms with Gasteiger partial charge in [0.05, 0.1) is 0 Å². The lowest BCUT2D eigenvalue weighted by molar-refractivity contribution is -0.171. The number of hydrogen-bond donors (Lipinski definition) is 2. The average Bonchev–Trinajstić information content (AvgIpc) is 2.53. The van der Waals surface area contributed by atoms with Gasteiger partial charge in [-0.3, -0.25) is 4.90 Å². The number of rotatable bonds is 1. The molecule has 2 N–H and O–H groups in total. The number of nitrogens with one attached hydrogen (secondary N) is 1. The van der Waals surface area contributed by atoms with E-state index in [1.165, 1.54) is 0 Å². The van der Waals surface area contributed by atoms with Crippen LogP contribution in [0.4, 0.5) is 4.79 Å². The van der Waals surface area contributed by atoms with Crippen molar-refractivity contribution in [2.45, 2.75) is 108 Å². The van der Waals surface area contributed by atoms with Gasteiger partial charge in [0.2, 0.25) is 0 Å². The molecule has 5 heteroatoms. The van der Waals surface area contributed by atoms with Gasteiger partial charge in [-0.1, -0.05) is 6.42 Å². The zero-order valence-corrected chi connectivity index (χ0v) is 15.2. The second-order valence-corrected chi connectivity index (χ2v) is 9.27. The first-order valence-electron chi connectivity index (χ1n) is 9.02. The highest BCUT2D eigenvalue weighted by molar-refractivity contribution is 5.73. The molecule has 2 saturated heterocycles. The molecule has 0 aromatic heterocycles. The summed E-state index contributed by atoms with van der Waals surface area (Å²) in [5, 5.41) is 15.0. The van der Waals surface area contributed by atoms with Crippen molar-refractivity contribution in [1.29, 1.82) is 0 Å². The molecule has 5 nitrogen and oxygen atoms in total. The van der Waals surface area contributed by atoms with Crippen molar-refractivity contribution >= 4 is 6.09 Å². The zero-order valence-electron chi connectivity index (χ0n) is 15.2. The Labute approximate surface area is 139 Å². The third-order valence-corrected chi connectivity index (χ3v) is 6.01. The summed E-state index contributed by atoms with van der Waals surface area (Å²) in [4.78, 5) is 14.4. The van der Waals surface area contributed by atoms with Crippen LogP contribution in [-0.4, -0.2) is 44.5 Å². The minimum atomic E-state index is -1.22. The van der Waals surface area contributed by atoms with E-state index in [-0.39, 0.29) is 23.2 Å². The first kappa shape index (κ1) is 17.0. The van der Waals surface area contributed by atoms with E-state index in [0.29, 0.717) is 0 Å². The van der Waals surface area contributed by atoms with Crippen molar-refractivity contribution in [3.8, 4) is 0 Å². The van der Waals surface area contributed by atoms with Gasteiger partial charge in [0, 0.05) is 17.1 Å². The molecule has 1 aliphatic carbocycles. The standard InChI is InChI=1S/C18H32N2O3/c1-15(2)11-13(12-16(3,4)19-15)20-14(21)23-18(17(20,5)22)9-7-6-8-10-18/h13,19,22H,6-12H2,1-5H3. The van der Waals surface area contributed by atoms with Crippen LogP contribution in [0.1, 0.15) is 79.6 Å². The number of carbonyl (C=O) groups excluding carboxylic acids is 1. The molecular weight excluding hydrogens is 292 g/mol. The molecule has 2 heterocycles. The Kier molecular flexibility index (Phi) is 3.77. The molecule has 0 bridgehead atoms. The van der Waals surface area contributed by atoms with Gasteiger partial charge in [0.15, 0.2) is 11.3 Å². The molecule has 3 fully saturated rings. The smallest absolute Gasteiger partial charge is 0.413 e. The van der Waals surface area contributed by atoms with Crippen LogP contribution >= 0.6 is 0 Å². The van der Waals surface area contributed by atoms with E-state index in [0.717, 1.165) is 44.9 Å². The molecular formula is C18H32N2O3. The summed E-state index contributed by atoms with van der Waals surface area (Å²) in [5.41, 5.74) is -2.10. The van der Waals surface area contributed by atoms with Crippen LogP contribution in [0.5, 0.6) is 0 Å². The Morgan fingerprint density at radius 2 is 1.57 bits per heavy atom. The van der Waals surface area contributed by atoms with Gasteiger partial charge in [-0.05, 0) is 73.1 Å². The molecule has 0 aromatic rings. The Balaban J connectivity index is 1.91. The molecule has 3 rings (SSSR count). The minimum Gasteiger partial charge on any atom is -0.438 e. The largest absolute Gasteiger partial charge is 0.438 e. The summed E-state index contributed by atoms with van der Waals surface area (Å²) >= 11 is 0. The maximum absolute atomic E-state index is 12.7. The second-order valence-electron chi connectivity index (χ2n) is 9.27. The number of carbonyl (C=O) groups is 1. The van der Waals surface area contributed by atoms with E-state index >= 15 is 0 Å². The number of amides is 1. The summed E-state index contributed by atoms with van der Waals surface area (Å²) in [6.45, 7) is 10.4. The first-order valence-corrected chi connectivity index (χ1v) is 9.02. The van der Waals surface area contributed by atoms with Crippen LogP contribution in [0.15, 0.2) is 0 Å². The number of piperidine rings is 1. The fourth-order valence-corrected chi connectivity index (χ4v) is 5.36. The van der Waals surface area contributed by atoms with Gasteiger partial charge in [0.25, 0.3) is 0 Å². The van der Waals surface area contributed by atoms with Crippen molar-refractivity contribution in [2.24, 2.45) is 0 Å². The van der Waals surface area contributed by atoms with Crippen LogP contribution in [0.25, 0.3) is 0 Å². The second kappa shape index (κ2) is 5.09. The lowest BCUT2D eigenvalue weighted by Crippen LogP contribution is -2.66. The van der Waals surface area contributed by atoms with Crippen LogP contribution in [-0.2, 0) is 4.74 Å². The third-order valence-electron chi connectivity index (χ3n) is 6.01. The monoisotopic (exact) mass is 324 g/mol. The molecule has 1 amide bonds. The normalized spacial score (nSPS) is 36.3. The van der Waals surface area contributed by atoms with E-state index < -0.39 is 11.3 Å². The van der Waals surface area contributed by atoms with E-state index in [1.54, 1.807) is 11.8 Å². The summed E-state index contributed by atoms with van der Waals surface area (Å²) in [7, 11) is 0. The van der Waals surface area contributed by atoms with Gasteiger partial charge in [-0.25, -0.2) is 4.79 Å². The summed E-state index contributed by atoms with van der Waals surface area (Å²) in [5.74, 6) is 0. The molecule has 132 valence electrons. The third kappa shape index (κ3) is 2.76. The molecule has 2 aliphatic heterocycles. The average molecular weight is 324 g/mol. The Morgan fingerprint density at radius 1 is 1.04 bits per heavy atom. The molecule has 1 spiro atoms. The fourth-order valence-electron chi connectivity index (χ4n) is 5.36. The van der Waals surface area contributed by atoms with Crippen LogP contribution in [0.3, 0.4) is 0 Å². The van der Waals surface area contributed by atoms with Crippen molar-refractivity contribution in [3.05, 3.63) is 0 Å². The van der Waals surface area contributed by atoms with Gasteiger partial charge in [0.1, 0.15) is 0 Å². The van der Waals surface area contributed by atoms with Gasteiger partial charge >= 0.3 is 6.09 Å². The Bertz CT molecular complexity index is 476. The van der Waals surface area contributed by atoms with Gasteiger partial charge in [-0.2, -0.15) is 0 Å². The van der Waals surface area contributed by atoms with E-state index in [2.05, 4.69) is 33.0 Å². The number of ether oxygens (including phenoxy) is 1. The topological polar surface area (TPSA) is 61.8 Å². The Morgan fingerprint density at radius 3 is 2.09 bits per heavy atom. The van der Waals surface area contributed by atoms with Crippen molar-refractivity contribution in [2.75, 3.05) is 0 Å². The minimum absolute atomic E-state index is 0.00921. The first-order chi connectivity index (χ1) is 10.5. The number of hydrogen-bond acceptors (Lipinski definition) is 4. The predicted molar refractivity (Wildman–Crippen MR) is 89.1 cm³/mol. The van der Waals surface area contributed by atoms with E-state index in [1.807, 2.05) is 0 Å². The summed E-state index contributed by atoms with van der Waals surface area (Å²) in [6.07, 6.45) is 6.01. The lowest BCUT2D eigenvalue weighted by Gasteiger charge is -2.51. The maximum Gasteiger partial charge on any atom is 0.413 e. The molecule has 0 aromatic carbocycles. The highest BCUT2D eigenvalue weighted by Gasteiger charge is 2.64. The molecule has 0 radical (unpaired) electrons. The highest BCUT2D eigenvalue weighted by Crippen LogP contribution is 2.49. The van der Waals surface area contributed by atoms with E-state index in [4.69, 9.17) is 4.74 Å². The number of nitrogens with zero attached hydrogens (tertiary/aromatic N) is 1. The van der Waals surface area contributed by atoms with E-state index in [9.17, 15) is 9.90 Å². The lowest BCUT2D eigenvalue weighted by atomic mass is 9.75. The Hall–Kier alpha value is -0.810. The van der Waals surface area contributed by atoms with Crippen LogP contribution in [0, 0.1) is 0 Å². The van der Waals surface area contributed by atoms with Crippen LogP contribution in [0.2, 0.25) is 0 Å². The molecule has 1 atom stereocenters. The predicted octanol–water partition coefficient (Wildman–Crippen LogP) is 3.16. The molecule has 23 heavy (non-hydrogen) atoms. The van der Waals surface area contributed by atoms with Crippen molar-refractivity contribution < 1.29 is 14.6 Å². The quantitative estimate of drug-likeness (QED) is 0.778. The molecule has 3 aliphatic rings. The summed E-state index contributed by atoms with van der Waals surface area (Å²) < 4.78 is 5.82.